The number of allylic oxidation sites excluding steroid dienone is 1. The molecule has 0 spiro atoms. The first-order valence-corrected chi connectivity index (χ1v) is 9.53. The number of unbranched alkanes of at least 4 members (excludes halogenated alkanes) is 1. The molecule has 0 bridgehead atoms. The summed E-state index contributed by atoms with van der Waals surface area (Å²) in [4.78, 5) is 0. The summed E-state index contributed by atoms with van der Waals surface area (Å²) in [5.74, 6) is 1.07. The molecule has 3 rings (SSSR count). The molecule has 0 heterocycles. The fourth-order valence-corrected chi connectivity index (χ4v) is 3.48. The molecule has 0 aliphatic heterocycles. The van der Waals surface area contributed by atoms with E-state index in [1.54, 1.807) is 6.07 Å². The smallest absolute Gasteiger partial charge is 0.127 e. The van der Waals surface area contributed by atoms with E-state index in [-0.39, 0.29) is 0 Å². The molecule has 0 aromatic heterocycles. The van der Waals surface area contributed by atoms with Gasteiger partial charge in [-0.1, -0.05) is 56.2 Å². The van der Waals surface area contributed by atoms with Crippen LogP contribution in [0.15, 0.2) is 54.6 Å². The van der Waals surface area contributed by atoms with Gasteiger partial charge in [-0.05, 0) is 55.4 Å². The van der Waals surface area contributed by atoms with Crippen molar-refractivity contribution in [2.75, 3.05) is 0 Å². The number of rotatable bonds is 6. The Labute approximate surface area is 151 Å². The SMILES string of the molecule is CCC/C=C(\c1ccccc1)c1ccc(OC2CCCCC2)cc1O. The number of ether oxygens (including phenoxy) is 1. The van der Waals surface area contributed by atoms with Gasteiger partial charge in [0.15, 0.2) is 0 Å². The molecule has 25 heavy (non-hydrogen) atoms. The maximum Gasteiger partial charge on any atom is 0.127 e. The molecule has 2 aromatic rings. The van der Waals surface area contributed by atoms with Gasteiger partial charge in [0.25, 0.3) is 0 Å². The lowest BCUT2D eigenvalue weighted by molar-refractivity contribution is 0.154. The van der Waals surface area contributed by atoms with E-state index < -0.39 is 0 Å². The Morgan fingerprint density at radius 1 is 1.08 bits per heavy atom. The first-order valence-electron chi connectivity index (χ1n) is 9.53. The fourth-order valence-electron chi connectivity index (χ4n) is 3.48. The van der Waals surface area contributed by atoms with Crippen LogP contribution in [0.1, 0.15) is 63.0 Å². The summed E-state index contributed by atoms with van der Waals surface area (Å²) in [5.41, 5.74) is 3.09. The van der Waals surface area contributed by atoms with Crippen LogP contribution in [0, 0.1) is 0 Å². The van der Waals surface area contributed by atoms with Crippen LogP contribution in [-0.2, 0) is 0 Å². The molecule has 2 aromatic carbocycles. The molecule has 1 fully saturated rings. The minimum atomic E-state index is 0.291. The van der Waals surface area contributed by atoms with Gasteiger partial charge in [-0.25, -0.2) is 0 Å². The van der Waals surface area contributed by atoms with Gasteiger partial charge in [0.2, 0.25) is 0 Å². The third-order valence-corrected chi connectivity index (χ3v) is 4.84. The Balaban J connectivity index is 1.84. The monoisotopic (exact) mass is 336 g/mol. The van der Waals surface area contributed by atoms with Crippen molar-refractivity contribution in [3.8, 4) is 11.5 Å². The molecule has 2 heteroatoms. The van der Waals surface area contributed by atoms with Gasteiger partial charge in [-0.3, -0.25) is 0 Å². The van der Waals surface area contributed by atoms with Gasteiger partial charge >= 0.3 is 0 Å². The van der Waals surface area contributed by atoms with Crippen LogP contribution in [0.25, 0.3) is 5.57 Å². The minimum Gasteiger partial charge on any atom is -0.507 e. The predicted molar refractivity (Wildman–Crippen MR) is 104 cm³/mol. The number of hydrogen-bond donors (Lipinski definition) is 1. The molecule has 1 aliphatic carbocycles. The third-order valence-electron chi connectivity index (χ3n) is 4.84. The van der Waals surface area contributed by atoms with Crippen LogP contribution < -0.4 is 4.74 Å². The summed E-state index contributed by atoms with van der Waals surface area (Å²) < 4.78 is 6.08. The van der Waals surface area contributed by atoms with Crippen molar-refractivity contribution in [3.63, 3.8) is 0 Å². The van der Waals surface area contributed by atoms with Gasteiger partial charge in [0, 0.05) is 11.6 Å². The highest BCUT2D eigenvalue weighted by Gasteiger charge is 2.16. The zero-order valence-corrected chi connectivity index (χ0v) is 15.1. The van der Waals surface area contributed by atoms with Crippen molar-refractivity contribution in [2.24, 2.45) is 0 Å². The molecule has 0 unspecified atom stereocenters. The van der Waals surface area contributed by atoms with E-state index in [0.717, 1.165) is 48.1 Å². The first kappa shape index (κ1) is 17.6. The van der Waals surface area contributed by atoms with Gasteiger partial charge in [0.05, 0.1) is 6.10 Å². The third kappa shape index (κ3) is 4.66. The largest absolute Gasteiger partial charge is 0.507 e. The van der Waals surface area contributed by atoms with E-state index in [2.05, 4.69) is 25.1 Å². The number of benzene rings is 2. The molecule has 0 amide bonds. The zero-order chi connectivity index (χ0) is 17.5. The van der Waals surface area contributed by atoms with Crippen LogP contribution in [0.4, 0.5) is 0 Å². The normalized spacial score (nSPS) is 16.0. The summed E-state index contributed by atoms with van der Waals surface area (Å²) in [6, 6.07) is 16.0. The standard InChI is InChI=1S/C23H28O2/c1-2-3-14-21(18-10-6-4-7-11-18)22-16-15-20(17-23(22)24)25-19-12-8-5-9-13-19/h4,6-7,10-11,14-17,19,24H,2-3,5,8-9,12-13H2,1H3/b21-14+. The lowest BCUT2D eigenvalue weighted by atomic mass is 9.95. The average Bonchev–Trinajstić information content (AvgIpc) is 2.65. The summed E-state index contributed by atoms with van der Waals surface area (Å²) in [7, 11) is 0. The number of aromatic hydroxyl groups is 1. The van der Waals surface area contributed by atoms with E-state index in [1.807, 2.05) is 30.3 Å². The second kappa shape index (κ2) is 8.75. The molecule has 1 N–H and O–H groups in total. The maximum atomic E-state index is 10.6. The molecule has 0 saturated heterocycles. The number of phenolic OH excluding ortho intramolecular Hbond substituents is 1. The van der Waals surface area contributed by atoms with Crippen molar-refractivity contribution in [3.05, 3.63) is 65.7 Å². The molecule has 1 saturated carbocycles. The zero-order valence-electron chi connectivity index (χ0n) is 15.1. The highest BCUT2D eigenvalue weighted by atomic mass is 16.5. The van der Waals surface area contributed by atoms with Crippen LogP contribution in [0.5, 0.6) is 11.5 Å². The lowest BCUT2D eigenvalue weighted by Crippen LogP contribution is -2.19. The fraction of sp³-hybridized carbons (Fsp3) is 0.391. The Morgan fingerprint density at radius 2 is 1.84 bits per heavy atom. The predicted octanol–water partition coefficient (Wildman–Crippen LogP) is 6.34. The van der Waals surface area contributed by atoms with Crippen molar-refractivity contribution < 1.29 is 9.84 Å². The van der Waals surface area contributed by atoms with E-state index in [4.69, 9.17) is 4.74 Å². The molecule has 132 valence electrons. The minimum absolute atomic E-state index is 0.291. The van der Waals surface area contributed by atoms with Crippen LogP contribution in [-0.4, -0.2) is 11.2 Å². The topological polar surface area (TPSA) is 29.5 Å². The van der Waals surface area contributed by atoms with Crippen molar-refractivity contribution >= 4 is 5.57 Å². The molecule has 1 aliphatic rings. The average molecular weight is 336 g/mol. The van der Waals surface area contributed by atoms with E-state index in [9.17, 15) is 5.11 Å². The van der Waals surface area contributed by atoms with Crippen molar-refractivity contribution in [1.29, 1.82) is 0 Å². The van der Waals surface area contributed by atoms with E-state index in [0.29, 0.717) is 11.9 Å². The first-order chi connectivity index (χ1) is 12.3. The van der Waals surface area contributed by atoms with Crippen molar-refractivity contribution in [2.45, 2.75) is 58.0 Å². The Kier molecular flexibility index (Phi) is 6.16. The van der Waals surface area contributed by atoms with Crippen LogP contribution in [0.3, 0.4) is 0 Å². The Bertz CT molecular complexity index is 697. The summed E-state index contributed by atoms with van der Waals surface area (Å²) in [6.45, 7) is 2.17. The molecule has 0 atom stereocenters. The molecule has 0 radical (unpaired) electrons. The summed E-state index contributed by atoms with van der Waals surface area (Å²) in [5, 5.41) is 10.6. The number of hydrogen-bond acceptors (Lipinski definition) is 2. The summed E-state index contributed by atoms with van der Waals surface area (Å²) in [6.07, 6.45) is 10.6. The van der Waals surface area contributed by atoms with E-state index >= 15 is 0 Å². The van der Waals surface area contributed by atoms with Crippen LogP contribution in [0.2, 0.25) is 0 Å². The van der Waals surface area contributed by atoms with Gasteiger partial charge in [0.1, 0.15) is 11.5 Å². The van der Waals surface area contributed by atoms with Crippen LogP contribution >= 0.6 is 0 Å². The van der Waals surface area contributed by atoms with Gasteiger partial charge in [-0.15, -0.1) is 0 Å². The highest BCUT2D eigenvalue weighted by molar-refractivity contribution is 5.82. The van der Waals surface area contributed by atoms with Crippen molar-refractivity contribution in [1.82, 2.24) is 0 Å². The molecular weight excluding hydrogens is 308 g/mol. The highest BCUT2D eigenvalue weighted by Crippen LogP contribution is 2.34. The Hall–Kier alpha value is -2.22. The quantitative estimate of drug-likeness (QED) is 0.667. The van der Waals surface area contributed by atoms with Gasteiger partial charge in [-0.2, -0.15) is 0 Å². The van der Waals surface area contributed by atoms with Gasteiger partial charge < -0.3 is 9.84 Å². The second-order valence-corrected chi connectivity index (χ2v) is 6.83. The Morgan fingerprint density at radius 3 is 2.52 bits per heavy atom. The molecular formula is C23H28O2. The van der Waals surface area contributed by atoms with E-state index in [1.165, 1.54) is 19.3 Å². The lowest BCUT2D eigenvalue weighted by Gasteiger charge is -2.23. The molecule has 2 nitrogen and oxygen atoms in total. The summed E-state index contributed by atoms with van der Waals surface area (Å²) >= 11 is 0. The second-order valence-electron chi connectivity index (χ2n) is 6.83. The maximum absolute atomic E-state index is 10.6. The number of phenols is 1.